The Morgan fingerprint density at radius 1 is 1.22 bits per heavy atom. The molecule has 18 heavy (non-hydrogen) atoms. The molecule has 1 aromatic rings. The molecular weight excluding hydrogens is 232 g/mol. The minimum Gasteiger partial charge on any atom is -0.497 e. The van der Waals surface area contributed by atoms with Crippen LogP contribution in [0.15, 0.2) is 24.3 Å². The highest BCUT2D eigenvalue weighted by Gasteiger charge is 2.56. The molecule has 1 N–H and O–H groups in total. The number of anilines is 1. The van der Waals surface area contributed by atoms with Gasteiger partial charge >= 0.3 is 6.03 Å². The Balaban J connectivity index is 1.92. The van der Waals surface area contributed by atoms with Crippen LogP contribution >= 0.6 is 0 Å². The zero-order valence-corrected chi connectivity index (χ0v) is 10.1. The summed E-state index contributed by atoms with van der Waals surface area (Å²) in [4.78, 5) is 25.4. The van der Waals surface area contributed by atoms with Crippen molar-refractivity contribution in [2.45, 2.75) is 12.8 Å². The van der Waals surface area contributed by atoms with E-state index < -0.39 is 0 Å². The van der Waals surface area contributed by atoms with Crippen molar-refractivity contribution >= 4 is 17.6 Å². The van der Waals surface area contributed by atoms with Crippen LogP contribution in [-0.2, 0) is 4.79 Å². The Labute approximate surface area is 105 Å². The van der Waals surface area contributed by atoms with E-state index in [0.717, 1.165) is 12.8 Å². The second kappa shape index (κ2) is 3.73. The number of amides is 3. The molecule has 1 saturated carbocycles. The molecule has 0 radical (unpaired) electrons. The molecule has 3 amide bonds. The van der Waals surface area contributed by atoms with Gasteiger partial charge in [-0.25, -0.2) is 9.69 Å². The fourth-order valence-electron chi connectivity index (χ4n) is 2.24. The molecule has 1 aromatic carbocycles. The van der Waals surface area contributed by atoms with Gasteiger partial charge in [0.05, 0.1) is 18.2 Å². The van der Waals surface area contributed by atoms with E-state index in [1.807, 2.05) is 0 Å². The Hall–Kier alpha value is -2.04. The number of methoxy groups -OCH3 is 1. The number of hydrogen-bond acceptors (Lipinski definition) is 3. The number of nitrogens with zero attached hydrogens (tertiary/aromatic N) is 1. The van der Waals surface area contributed by atoms with Crippen LogP contribution < -0.4 is 15.0 Å². The van der Waals surface area contributed by atoms with E-state index in [1.54, 1.807) is 31.4 Å². The van der Waals surface area contributed by atoms with E-state index in [2.05, 4.69) is 5.32 Å². The molecule has 0 bridgehead atoms. The number of ether oxygens (including phenoxy) is 1. The van der Waals surface area contributed by atoms with Gasteiger partial charge in [0.2, 0.25) is 5.91 Å². The second-order valence-electron chi connectivity index (χ2n) is 4.78. The smallest absolute Gasteiger partial charge is 0.328 e. The predicted molar refractivity (Wildman–Crippen MR) is 65.5 cm³/mol. The third-order valence-electron chi connectivity index (χ3n) is 3.62. The Bertz CT molecular complexity index is 505. The lowest BCUT2D eigenvalue weighted by Gasteiger charge is -2.31. The summed E-state index contributed by atoms with van der Waals surface area (Å²) in [6.45, 7) is 0.470. The summed E-state index contributed by atoms with van der Waals surface area (Å²) in [5.41, 5.74) is 0.248. The maximum absolute atomic E-state index is 12.3. The van der Waals surface area contributed by atoms with Crippen LogP contribution in [0.4, 0.5) is 10.5 Å². The quantitative estimate of drug-likeness (QED) is 0.861. The summed E-state index contributed by atoms with van der Waals surface area (Å²) in [6, 6.07) is 6.58. The van der Waals surface area contributed by atoms with Crippen molar-refractivity contribution < 1.29 is 14.3 Å². The molecule has 1 spiro atoms. The average Bonchev–Trinajstić information content (AvgIpc) is 3.17. The van der Waals surface area contributed by atoms with Crippen molar-refractivity contribution in [2.24, 2.45) is 5.41 Å². The number of carbonyl (C=O) groups is 2. The summed E-state index contributed by atoms with van der Waals surface area (Å²) in [6.07, 6.45) is 1.72. The van der Waals surface area contributed by atoms with Gasteiger partial charge in [-0.15, -0.1) is 0 Å². The van der Waals surface area contributed by atoms with Crippen molar-refractivity contribution in [3.05, 3.63) is 24.3 Å². The molecule has 0 aromatic heterocycles. The van der Waals surface area contributed by atoms with Gasteiger partial charge in [-0.3, -0.25) is 4.79 Å². The number of hydrogen-bond donors (Lipinski definition) is 1. The topological polar surface area (TPSA) is 58.6 Å². The number of rotatable bonds is 2. The summed E-state index contributed by atoms with van der Waals surface area (Å²) in [5.74, 6) is 0.612. The largest absolute Gasteiger partial charge is 0.497 e. The van der Waals surface area contributed by atoms with E-state index in [0.29, 0.717) is 18.0 Å². The van der Waals surface area contributed by atoms with Gasteiger partial charge in [0, 0.05) is 6.54 Å². The number of urea groups is 1. The Morgan fingerprint density at radius 3 is 2.44 bits per heavy atom. The van der Waals surface area contributed by atoms with Crippen molar-refractivity contribution in [1.29, 1.82) is 0 Å². The van der Waals surface area contributed by atoms with Crippen LogP contribution in [0.5, 0.6) is 5.75 Å². The third kappa shape index (κ3) is 1.54. The van der Waals surface area contributed by atoms with Gasteiger partial charge in [-0.2, -0.15) is 0 Å². The minimum atomic E-state index is -0.345. The van der Waals surface area contributed by atoms with Crippen LogP contribution in [0, 0.1) is 5.41 Å². The molecule has 5 heteroatoms. The monoisotopic (exact) mass is 246 g/mol. The number of benzene rings is 1. The van der Waals surface area contributed by atoms with Gasteiger partial charge < -0.3 is 10.1 Å². The van der Waals surface area contributed by atoms with Gasteiger partial charge in [0.15, 0.2) is 0 Å². The molecule has 3 rings (SSSR count). The lowest BCUT2D eigenvalue weighted by atomic mass is 10.0. The van der Waals surface area contributed by atoms with E-state index in [9.17, 15) is 9.59 Å². The van der Waals surface area contributed by atoms with Crippen LogP contribution in [-0.4, -0.2) is 25.6 Å². The second-order valence-corrected chi connectivity index (χ2v) is 4.78. The molecular formula is C13H14N2O3. The first-order valence-corrected chi connectivity index (χ1v) is 5.93. The van der Waals surface area contributed by atoms with E-state index in [4.69, 9.17) is 4.74 Å². The molecule has 1 aliphatic carbocycles. The highest BCUT2D eigenvalue weighted by atomic mass is 16.5. The van der Waals surface area contributed by atoms with E-state index in [-0.39, 0.29) is 17.4 Å². The lowest BCUT2D eigenvalue weighted by molar-refractivity contribution is -0.123. The molecule has 94 valence electrons. The van der Waals surface area contributed by atoms with Crippen LogP contribution in [0.2, 0.25) is 0 Å². The molecule has 2 aliphatic rings. The zero-order chi connectivity index (χ0) is 12.8. The van der Waals surface area contributed by atoms with Crippen molar-refractivity contribution in [2.75, 3.05) is 18.6 Å². The zero-order valence-electron chi connectivity index (χ0n) is 10.1. The first kappa shape index (κ1) is 11.1. The summed E-state index contributed by atoms with van der Waals surface area (Å²) < 4.78 is 5.06. The standard InChI is InChI=1S/C13H14N2O3/c1-18-10-4-2-9(3-5-10)15-11(16)13(6-7-13)8-14-12(15)17/h2-5H,6-8H2,1H3,(H,14,17). The highest BCUT2D eigenvalue weighted by Crippen LogP contribution is 2.48. The summed E-state index contributed by atoms with van der Waals surface area (Å²) in [7, 11) is 1.58. The van der Waals surface area contributed by atoms with Gasteiger partial charge in [0.25, 0.3) is 0 Å². The molecule has 5 nitrogen and oxygen atoms in total. The number of imide groups is 1. The fraction of sp³-hybridized carbons (Fsp3) is 0.385. The van der Waals surface area contributed by atoms with Crippen molar-refractivity contribution in [3.63, 3.8) is 0 Å². The molecule has 1 aliphatic heterocycles. The van der Waals surface area contributed by atoms with Gasteiger partial charge in [-0.05, 0) is 37.1 Å². The van der Waals surface area contributed by atoms with Crippen molar-refractivity contribution in [1.82, 2.24) is 5.32 Å². The first-order chi connectivity index (χ1) is 8.66. The maximum Gasteiger partial charge on any atom is 0.328 e. The third-order valence-corrected chi connectivity index (χ3v) is 3.62. The maximum atomic E-state index is 12.3. The van der Waals surface area contributed by atoms with Crippen LogP contribution in [0.25, 0.3) is 0 Å². The predicted octanol–water partition coefficient (Wildman–Crippen LogP) is 1.53. The van der Waals surface area contributed by atoms with Gasteiger partial charge in [-0.1, -0.05) is 0 Å². The number of nitrogens with one attached hydrogen (secondary N) is 1. The average molecular weight is 246 g/mol. The highest BCUT2D eigenvalue weighted by molar-refractivity contribution is 6.18. The number of carbonyl (C=O) groups excluding carboxylic acids is 2. The summed E-state index contributed by atoms with van der Waals surface area (Å²) in [5, 5.41) is 2.78. The Kier molecular flexibility index (Phi) is 2.29. The molecule has 0 unspecified atom stereocenters. The van der Waals surface area contributed by atoms with E-state index >= 15 is 0 Å². The normalized spacial score (nSPS) is 20.8. The van der Waals surface area contributed by atoms with E-state index in [1.165, 1.54) is 4.90 Å². The summed E-state index contributed by atoms with van der Waals surface area (Å²) >= 11 is 0. The minimum absolute atomic E-state index is 0.0867. The fourth-order valence-corrected chi connectivity index (χ4v) is 2.24. The van der Waals surface area contributed by atoms with Crippen LogP contribution in [0.3, 0.4) is 0 Å². The first-order valence-electron chi connectivity index (χ1n) is 5.93. The molecule has 2 fully saturated rings. The van der Waals surface area contributed by atoms with Crippen molar-refractivity contribution in [3.8, 4) is 5.75 Å². The Morgan fingerprint density at radius 2 is 1.89 bits per heavy atom. The molecule has 0 atom stereocenters. The molecule has 1 saturated heterocycles. The lowest BCUT2D eigenvalue weighted by Crippen LogP contribution is -2.56. The van der Waals surface area contributed by atoms with Gasteiger partial charge in [0.1, 0.15) is 5.75 Å². The molecule has 1 heterocycles. The van der Waals surface area contributed by atoms with Crippen LogP contribution in [0.1, 0.15) is 12.8 Å². The SMILES string of the molecule is COc1ccc(N2C(=O)NCC3(CC3)C2=O)cc1.